The van der Waals surface area contributed by atoms with E-state index in [0.29, 0.717) is 5.56 Å². The fourth-order valence-electron chi connectivity index (χ4n) is 1.71. The zero-order valence-electron chi connectivity index (χ0n) is 10.8. The first-order valence-corrected chi connectivity index (χ1v) is 7.44. The first-order chi connectivity index (χ1) is 9.88. The Balaban J connectivity index is 2.15. The van der Waals surface area contributed by atoms with Gasteiger partial charge < -0.3 is 5.11 Å². The number of carboxylic acid groups (broad SMARTS) is 1. The number of halogens is 1. The summed E-state index contributed by atoms with van der Waals surface area (Å²) in [4.78, 5) is 10.6. The van der Waals surface area contributed by atoms with Crippen LogP contribution in [0.3, 0.4) is 0 Å². The Morgan fingerprint density at radius 1 is 1.14 bits per heavy atom. The van der Waals surface area contributed by atoms with Crippen LogP contribution in [-0.2, 0) is 16.6 Å². The molecule has 0 aliphatic rings. The van der Waals surface area contributed by atoms with Crippen molar-refractivity contribution >= 4 is 16.0 Å². The minimum Gasteiger partial charge on any atom is -0.478 e. The molecular weight excluding hydrogens is 297 g/mol. The third kappa shape index (κ3) is 3.87. The minimum atomic E-state index is -3.85. The average molecular weight is 309 g/mol. The van der Waals surface area contributed by atoms with Crippen molar-refractivity contribution < 1.29 is 22.7 Å². The van der Waals surface area contributed by atoms with Gasteiger partial charge in [-0.2, -0.15) is 0 Å². The lowest BCUT2D eigenvalue weighted by atomic mass is 10.1. The first-order valence-electron chi connectivity index (χ1n) is 5.96. The van der Waals surface area contributed by atoms with Gasteiger partial charge in [-0.05, 0) is 35.9 Å². The molecule has 2 aromatic rings. The third-order valence-electron chi connectivity index (χ3n) is 2.75. The monoisotopic (exact) mass is 309 g/mol. The molecule has 0 fully saturated rings. The van der Waals surface area contributed by atoms with Gasteiger partial charge in [-0.3, -0.25) is 0 Å². The van der Waals surface area contributed by atoms with Crippen molar-refractivity contribution in [2.24, 2.45) is 0 Å². The van der Waals surface area contributed by atoms with Crippen LogP contribution in [-0.4, -0.2) is 19.5 Å². The Bertz CT molecular complexity index is 774. The van der Waals surface area contributed by atoms with Crippen molar-refractivity contribution in [1.29, 1.82) is 0 Å². The molecule has 7 heteroatoms. The lowest BCUT2D eigenvalue weighted by Gasteiger charge is -2.07. The molecule has 0 bridgehead atoms. The summed E-state index contributed by atoms with van der Waals surface area (Å²) in [6.07, 6.45) is 0. The molecule has 0 aliphatic heterocycles. The van der Waals surface area contributed by atoms with Crippen molar-refractivity contribution in [2.75, 3.05) is 0 Å². The van der Waals surface area contributed by atoms with Gasteiger partial charge in [0.1, 0.15) is 5.82 Å². The van der Waals surface area contributed by atoms with Crippen LogP contribution < -0.4 is 4.72 Å². The summed E-state index contributed by atoms with van der Waals surface area (Å²) in [7, 11) is -3.85. The fraction of sp³-hybridized carbons (Fsp3) is 0.0714. The number of nitrogens with one attached hydrogen (secondary N) is 1. The summed E-state index contributed by atoms with van der Waals surface area (Å²) in [6.45, 7) is -0.0834. The van der Waals surface area contributed by atoms with E-state index in [1.54, 1.807) is 6.07 Å². The molecule has 0 heterocycles. The maximum Gasteiger partial charge on any atom is 0.335 e. The summed E-state index contributed by atoms with van der Waals surface area (Å²) in [5, 5.41) is 8.87. The van der Waals surface area contributed by atoms with Gasteiger partial charge in [0.15, 0.2) is 0 Å². The highest BCUT2D eigenvalue weighted by Crippen LogP contribution is 2.12. The Hall–Kier alpha value is -2.25. The number of carboxylic acids is 1. The molecule has 2 rings (SSSR count). The molecule has 0 aromatic heterocycles. The topological polar surface area (TPSA) is 83.5 Å². The summed E-state index contributed by atoms with van der Waals surface area (Å²) < 4.78 is 39.3. The lowest BCUT2D eigenvalue weighted by molar-refractivity contribution is 0.0696. The normalized spacial score (nSPS) is 11.3. The van der Waals surface area contributed by atoms with Crippen LogP contribution >= 0.6 is 0 Å². The van der Waals surface area contributed by atoms with E-state index in [1.807, 2.05) is 0 Å². The smallest absolute Gasteiger partial charge is 0.335 e. The van der Waals surface area contributed by atoms with Crippen molar-refractivity contribution in [2.45, 2.75) is 11.4 Å². The molecule has 0 spiro atoms. The average Bonchev–Trinajstić information content (AvgIpc) is 2.45. The number of hydrogen-bond donors (Lipinski definition) is 2. The van der Waals surface area contributed by atoms with Crippen LogP contribution in [0.25, 0.3) is 0 Å². The molecule has 0 aliphatic carbocycles. The summed E-state index contributed by atoms with van der Waals surface area (Å²) in [5.74, 6) is -1.74. The number of rotatable bonds is 5. The van der Waals surface area contributed by atoms with Crippen LogP contribution in [0.15, 0.2) is 53.4 Å². The van der Waals surface area contributed by atoms with Crippen LogP contribution in [0.2, 0.25) is 0 Å². The van der Waals surface area contributed by atoms with Crippen molar-refractivity contribution in [3.63, 3.8) is 0 Å². The number of hydrogen-bond acceptors (Lipinski definition) is 3. The zero-order valence-corrected chi connectivity index (χ0v) is 11.6. The number of carbonyl (C=O) groups is 1. The Labute approximate surface area is 121 Å². The SMILES string of the molecule is O=C(O)c1cccc(CNS(=O)(=O)c2cccc(F)c2)c1. The van der Waals surface area contributed by atoms with Crippen molar-refractivity contribution in [3.8, 4) is 0 Å². The van der Waals surface area contributed by atoms with Gasteiger partial charge in [0, 0.05) is 6.54 Å². The third-order valence-corrected chi connectivity index (χ3v) is 4.15. The largest absolute Gasteiger partial charge is 0.478 e. The molecule has 21 heavy (non-hydrogen) atoms. The summed E-state index contributed by atoms with van der Waals surface area (Å²) in [5.41, 5.74) is 0.562. The summed E-state index contributed by atoms with van der Waals surface area (Å²) >= 11 is 0. The van der Waals surface area contributed by atoms with E-state index in [0.717, 1.165) is 12.1 Å². The van der Waals surface area contributed by atoms with Crippen molar-refractivity contribution in [1.82, 2.24) is 4.72 Å². The molecule has 2 aromatic carbocycles. The van der Waals surface area contributed by atoms with E-state index in [1.165, 1.54) is 30.3 Å². The van der Waals surface area contributed by atoms with E-state index in [9.17, 15) is 17.6 Å². The van der Waals surface area contributed by atoms with E-state index < -0.39 is 21.8 Å². The molecule has 110 valence electrons. The molecule has 0 saturated heterocycles. The van der Waals surface area contributed by atoms with Gasteiger partial charge in [0.2, 0.25) is 10.0 Å². The molecule has 0 radical (unpaired) electrons. The highest BCUT2D eigenvalue weighted by Gasteiger charge is 2.14. The molecule has 5 nitrogen and oxygen atoms in total. The van der Waals surface area contributed by atoms with Gasteiger partial charge in [0.05, 0.1) is 10.5 Å². The van der Waals surface area contributed by atoms with Crippen LogP contribution in [0.1, 0.15) is 15.9 Å². The van der Waals surface area contributed by atoms with Crippen LogP contribution in [0.4, 0.5) is 4.39 Å². The van der Waals surface area contributed by atoms with Gasteiger partial charge in [-0.25, -0.2) is 22.3 Å². The predicted molar refractivity (Wildman–Crippen MR) is 73.8 cm³/mol. The van der Waals surface area contributed by atoms with E-state index in [2.05, 4.69) is 4.72 Å². The first kappa shape index (κ1) is 15.1. The quantitative estimate of drug-likeness (QED) is 0.885. The fourth-order valence-corrected chi connectivity index (χ4v) is 2.76. The molecule has 0 atom stereocenters. The van der Waals surface area contributed by atoms with Gasteiger partial charge in [0.25, 0.3) is 0 Å². The van der Waals surface area contributed by atoms with Gasteiger partial charge >= 0.3 is 5.97 Å². The Morgan fingerprint density at radius 2 is 1.86 bits per heavy atom. The Morgan fingerprint density at radius 3 is 2.52 bits per heavy atom. The molecule has 0 unspecified atom stereocenters. The predicted octanol–water partition coefficient (Wildman–Crippen LogP) is 2.00. The Kier molecular flexibility index (Phi) is 4.35. The number of sulfonamides is 1. The van der Waals surface area contributed by atoms with E-state index in [-0.39, 0.29) is 17.0 Å². The maximum atomic E-state index is 13.0. The minimum absolute atomic E-state index is 0.0671. The highest BCUT2D eigenvalue weighted by molar-refractivity contribution is 7.89. The second-order valence-electron chi connectivity index (χ2n) is 4.29. The van der Waals surface area contributed by atoms with Crippen molar-refractivity contribution in [3.05, 3.63) is 65.5 Å². The molecule has 0 saturated carbocycles. The van der Waals surface area contributed by atoms with Crippen LogP contribution in [0.5, 0.6) is 0 Å². The van der Waals surface area contributed by atoms with Gasteiger partial charge in [-0.1, -0.05) is 18.2 Å². The molecule has 0 amide bonds. The van der Waals surface area contributed by atoms with E-state index in [4.69, 9.17) is 5.11 Å². The zero-order chi connectivity index (χ0) is 15.5. The number of aromatic carboxylic acids is 1. The highest BCUT2D eigenvalue weighted by atomic mass is 32.2. The van der Waals surface area contributed by atoms with E-state index >= 15 is 0 Å². The molecule has 2 N–H and O–H groups in total. The number of benzene rings is 2. The van der Waals surface area contributed by atoms with Crippen LogP contribution in [0, 0.1) is 5.82 Å². The molecular formula is C14H12FNO4S. The second-order valence-corrected chi connectivity index (χ2v) is 6.05. The lowest BCUT2D eigenvalue weighted by Crippen LogP contribution is -2.23. The van der Waals surface area contributed by atoms with Gasteiger partial charge in [-0.15, -0.1) is 0 Å². The second kappa shape index (κ2) is 6.02. The summed E-state index contributed by atoms with van der Waals surface area (Å²) in [6, 6.07) is 10.5. The standard InChI is InChI=1S/C14H12FNO4S/c15-12-5-2-6-13(8-12)21(19,20)16-9-10-3-1-4-11(7-10)14(17)18/h1-8,16H,9H2,(H,17,18). The maximum absolute atomic E-state index is 13.0.